The fourth-order valence-corrected chi connectivity index (χ4v) is 1.77. The zero-order valence-corrected chi connectivity index (χ0v) is 11.9. The summed E-state index contributed by atoms with van der Waals surface area (Å²) in [5.74, 6) is -0.407. The van der Waals surface area contributed by atoms with E-state index in [1.807, 2.05) is 6.92 Å². The Morgan fingerprint density at radius 3 is 2.47 bits per heavy atom. The van der Waals surface area contributed by atoms with E-state index < -0.39 is 12.1 Å². The van der Waals surface area contributed by atoms with Gasteiger partial charge in [0.05, 0.1) is 5.02 Å². The lowest BCUT2D eigenvalue weighted by atomic mass is 10.0. The zero-order chi connectivity index (χ0) is 13.8. The number of hydrogen-bond acceptors (Lipinski definition) is 2. The number of ether oxygens (including phenoxy) is 1. The third kappa shape index (κ3) is 6.36. The van der Waals surface area contributed by atoms with Crippen LogP contribution in [0.3, 0.4) is 0 Å². The molecule has 2 nitrogen and oxygen atoms in total. The third-order valence-electron chi connectivity index (χ3n) is 2.48. The average Bonchev–Trinajstić information content (AvgIpc) is 2.27. The highest BCUT2D eigenvalue weighted by Crippen LogP contribution is 2.32. The van der Waals surface area contributed by atoms with Gasteiger partial charge in [-0.25, -0.2) is 0 Å². The van der Waals surface area contributed by atoms with Crippen molar-refractivity contribution >= 4 is 24.0 Å². The van der Waals surface area contributed by atoms with Crippen molar-refractivity contribution in [3.8, 4) is 5.75 Å². The first-order valence-electron chi connectivity index (χ1n) is 5.64. The fourth-order valence-electron chi connectivity index (χ4n) is 1.55. The minimum atomic E-state index is -4.74. The van der Waals surface area contributed by atoms with Gasteiger partial charge in [-0.3, -0.25) is 0 Å². The van der Waals surface area contributed by atoms with Crippen LogP contribution in [0.4, 0.5) is 13.2 Å². The van der Waals surface area contributed by atoms with Crippen LogP contribution in [0.5, 0.6) is 5.75 Å². The van der Waals surface area contributed by atoms with Gasteiger partial charge < -0.3 is 10.5 Å². The molecular weight excluding hydrogens is 302 g/mol. The van der Waals surface area contributed by atoms with Crippen LogP contribution in [-0.2, 0) is 0 Å². The smallest absolute Gasteiger partial charge is 0.404 e. The monoisotopic (exact) mass is 317 g/mol. The van der Waals surface area contributed by atoms with Crippen LogP contribution in [0.15, 0.2) is 18.2 Å². The molecule has 1 atom stereocenters. The third-order valence-corrected chi connectivity index (χ3v) is 2.77. The van der Waals surface area contributed by atoms with E-state index in [-0.39, 0.29) is 23.5 Å². The van der Waals surface area contributed by atoms with Crippen LogP contribution in [0, 0.1) is 0 Å². The normalized spacial score (nSPS) is 12.7. The Hall–Kier alpha value is -0.650. The van der Waals surface area contributed by atoms with Crippen LogP contribution in [0.2, 0.25) is 5.02 Å². The van der Waals surface area contributed by atoms with Gasteiger partial charge in [0.15, 0.2) is 0 Å². The van der Waals surface area contributed by atoms with Crippen LogP contribution in [-0.4, -0.2) is 6.36 Å². The summed E-state index contributed by atoms with van der Waals surface area (Å²) in [5, 5.41) is -0.0863. The van der Waals surface area contributed by atoms with Crippen molar-refractivity contribution < 1.29 is 17.9 Å². The van der Waals surface area contributed by atoms with Crippen molar-refractivity contribution in [3.05, 3.63) is 28.8 Å². The fraction of sp³-hybridized carbons (Fsp3) is 0.500. The molecule has 0 radical (unpaired) electrons. The highest BCUT2D eigenvalue weighted by molar-refractivity contribution is 6.32. The summed E-state index contributed by atoms with van der Waals surface area (Å²) in [5.41, 5.74) is 6.62. The number of halogens is 5. The van der Waals surface area contributed by atoms with Gasteiger partial charge in [-0.2, -0.15) is 0 Å². The molecule has 0 saturated heterocycles. The Labute approximate surface area is 121 Å². The zero-order valence-electron chi connectivity index (χ0n) is 10.3. The second-order valence-electron chi connectivity index (χ2n) is 3.99. The molecule has 0 saturated carbocycles. The maximum atomic E-state index is 12.0. The number of hydrogen-bond donors (Lipinski definition) is 1. The summed E-state index contributed by atoms with van der Waals surface area (Å²) < 4.78 is 39.9. The maximum Gasteiger partial charge on any atom is 0.573 e. The van der Waals surface area contributed by atoms with E-state index in [2.05, 4.69) is 4.74 Å². The quantitative estimate of drug-likeness (QED) is 0.842. The Morgan fingerprint density at radius 1 is 1.37 bits per heavy atom. The van der Waals surface area contributed by atoms with Gasteiger partial charge in [0.2, 0.25) is 0 Å². The van der Waals surface area contributed by atoms with Crippen molar-refractivity contribution in [1.82, 2.24) is 0 Å². The van der Waals surface area contributed by atoms with Crippen molar-refractivity contribution in [2.75, 3.05) is 0 Å². The molecule has 0 spiro atoms. The highest BCUT2D eigenvalue weighted by Gasteiger charge is 2.32. The summed E-state index contributed by atoms with van der Waals surface area (Å²) in [7, 11) is 0. The molecule has 1 aromatic rings. The van der Waals surface area contributed by atoms with E-state index in [0.717, 1.165) is 19.3 Å². The van der Waals surface area contributed by atoms with Gasteiger partial charge in [-0.15, -0.1) is 25.6 Å². The summed E-state index contributed by atoms with van der Waals surface area (Å²) in [6, 6.07) is 3.90. The molecule has 19 heavy (non-hydrogen) atoms. The lowest BCUT2D eigenvalue weighted by molar-refractivity contribution is -0.274. The number of unbranched alkanes of at least 4 members (excludes halogenated alkanes) is 1. The van der Waals surface area contributed by atoms with Crippen LogP contribution in [0.25, 0.3) is 0 Å². The SMILES string of the molecule is CCCC[C@@H](N)c1ccc(OC(F)(F)F)c(Cl)c1.Cl. The van der Waals surface area contributed by atoms with Crippen molar-refractivity contribution in [2.45, 2.75) is 38.6 Å². The highest BCUT2D eigenvalue weighted by atomic mass is 35.5. The number of nitrogens with two attached hydrogens (primary N) is 1. The predicted molar refractivity (Wildman–Crippen MR) is 71.8 cm³/mol. The molecule has 0 unspecified atom stereocenters. The second kappa shape index (κ2) is 7.82. The van der Waals surface area contributed by atoms with Crippen molar-refractivity contribution in [3.63, 3.8) is 0 Å². The lowest BCUT2D eigenvalue weighted by Gasteiger charge is -2.14. The van der Waals surface area contributed by atoms with Gasteiger partial charge in [0, 0.05) is 6.04 Å². The standard InChI is InChI=1S/C12H15ClF3NO.ClH/c1-2-3-4-10(17)8-5-6-11(9(13)7-8)18-12(14,15)16;/h5-7,10H,2-4,17H2,1H3;1H/t10-;/m1./s1. The first kappa shape index (κ1) is 18.4. The molecule has 1 rings (SSSR count). The Balaban J connectivity index is 0.00000324. The molecule has 110 valence electrons. The predicted octanol–water partition coefficient (Wildman–Crippen LogP) is 4.85. The van der Waals surface area contributed by atoms with E-state index in [9.17, 15) is 13.2 Å². The van der Waals surface area contributed by atoms with Gasteiger partial charge in [0.1, 0.15) is 5.75 Å². The Morgan fingerprint density at radius 2 is 2.00 bits per heavy atom. The maximum absolute atomic E-state index is 12.0. The van der Waals surface area contributed by atoms with Gasteiger partial charge in [0.25, 0.3) is 0 Å². The molecule has 0 heterocycles. The van der Waals surface area contributed by atoms with Gasteiger partial charge >= 0.3 is 6.36 Å². The summed E-state index contributed by atoms with van der Waals surface area (Å²) in [4.78, 5) is 0. The second-order valence-corrected chi connectivity index (χ2v) is 4.39. The lowest BCUT2D eigenvalue weighted by Crippen LogP contribution is -2.17. The van der Waals surface area contributed by atoms with Crippen molar-refractivity contribution in [2.24, 2.45) is 5.73 Å². The van der Waals surface area contributed by atoms with Crippen LogP contribution >= 0.6 is 24.0 Å². The van der Waals surface area contributed by atoms with E-state index in [1.165, 1.54) is 18.2 Å². The summed E-state index contributed by atoms with van der Waals surface area (Å²) >= 11 is 5.73. The molecule has 0 aliphatic carbocycles. The molecule has 0 aromatic heterocycles. The minimum absolute atomic E-state index is 0. The first-order valence-corrected chi connectivity index (χ1v) is 6.02. The number of alkyl halides is 3. The van der Waals surface area contributed by atoms with Crippen molar-refractivity contribution in [1.29, 1.82) is 0 Å². The number of rotatable bonds is 5. The molecule has 0 fully saturated rings. The van der Waals surface area contributed by atoms with E-state index in [4.69, 9.17) is 17.3 Å². The molecule has 0 bridgehead atoms. The molecule has 2 N–H and O–H groups in total. The molecule has 0 aliphatic heterocycles. The minimum Gasteiger partial charge on any atom is -0.404 e. The molecule has 0 amide bonds. The Bertz CT molecular complexity index is 399. The average molecular weight is 318 g/mol. The number of benzene rings is 1. The molecular formula is C12H16Cl2F3NO. The summed E-state index contributed by atoms with van der Waals surface area (Å²) in [6.07, 6.45) is -2.00. The molecule has 0 aliphatic rings. The molecule has 1 aromatic carbocycles. The molecule has 7 heteroatoms. The summed E-state index contributed by atoms with van der Waals surface area (Å²) in [6.45, 7) is 2.04. The first-order chi connectivity index (χ1) is 8.33. The van der Waals surface area contributed by atoms with Gasteiger partial charge in [-0.05, 0) is 24.1 Å². The Kier molecular flexibility index (Phi) is 7.55. The van der Waals surface area contributed by atoms with Crippen LogP contribution in [0.1, 0.15) is 37.8 Å². The van der Waals surface area contributed by atoms with Crippen LogP contribution < -0.4 is 10.5 Å². The van der Waals surface area contributed by atoms with Gasteiger partial charge in [-0.1, -0.05) is 37.4 Å². The van der Waals surface area contributed by atoms with E-state index in [0.29, 0.717) is 5.56 Å². The largest absolute Gasteiger partial charge is 0.573 e. The topological polar surface area (TPSA) is 35.2 Å². The van der Waals surface area contributed by atoms with E-state index in [1.54, 1.807) is 0 Å². The van der Waals surface area contributed by atoms with E-state index >= 15 is 0 Å².